The molecule has 4 heteroatoms. The van der Waals surface area contributed by atoms with Gasteiger partial charge in [-0.1, -0.05) is 42.6 Å². The average molecular weight is 391 g/mol. The van der Waals surface area contributed by atoms with Gasteiger partial charge in [-0.05, 0) is 53.4 Å². The Kier molecular flexibility index (Phi) is 7.08. The van der Waals surface area contributed by atoms with E-state index in [1.807, 2.05) is 18.2 Å². The van der Waals surface area contributed by atoms with Gasteiger partial charge in [-0.3, -0.25) is 4.79 Å². The largest absolute Gasteiger partial charge is 0.350 e. The third kappa shape index (κ3) is 6.09. The fourth-order valence-corrected chi connectivity index (χ4v) is 3.11. The number of benzene rings is 1. The molecule has 1 atom stereocenters. The van der Waals surface area contributed by atoms with Crippen molar-refractivity contribution >= 4 is 37.8 Å². The van der Waals surface area contributed by atoms with Crippen molar-refractivity contribution in [3.8, 4) is 0 Å². The molecule has 2 nitrogen and oxygen atoms in total. The van der Waals surface area contributed by atoms with Crippen LogP contribution >= 0.6 is 31.9 Å². The van der Waals surface area contributed by atoms with Gasteiger partial charge in [0.2, 0.25) is 0 Å². The smallest absolute Gasteiger partial charge is 0.252 e. The minimum absolute atomic E-state index is 0.0172. The maximum Gasteiger partial charge on any atom is 0.252 e. The summed E-state index contributed by atoms with van der Waals surface area (Å²) in [5.74, 6) is 0.708. The van der Waals surface area contributed by atoms with Crippen molar-refractivity contribution in [1.29, 1.82) is 0 Å². The topological polar surface area (TPSA) is 29.1 Å². The van der Waals surface area contributed by atoms with Crippen molar-refractivity contribution in [1.82, 2.24) is 5.32 Å². The zero-order chi connectivity index (χ0) is 14.4. The van der Waals surface area contributed by atoms with Crippen molar-refractivity contribution in [3.05, 3.63) is 32.7 Å². The van der Waals surface area contributed by atoms with Gasteiger partial charge in [-0.25, -0.2) is 0 Å². The van der Waals surface area contributed by atoms with E-state index < -0.39 is 0 Å². The van der Waals surface area contributed by atoms with Gasteiger partial charge >= 0.3 is 0 Å². The Morgan fingerprint density at radius 3 is 2.47 bits per heavy atom. The summed E-state index contributed by atoms with van der Waals surface area (Å²) in [5, 5.41) is 3.05. The van der Waals surface area contributed by atoms with Crippen molar-refractivity contribution in [2.75, 3.05) is 0 Å². The highest BCUT2D eigenvalue weighted by Crippen LogP contribution is 2.22. The fourth-order valence-electron chi connectivity index (χ4n) is 1.88. The van der Waals surface area contributed by atoms with Crippen molar-refractivity contribution in [2.45, 2.75) is 46.1 Å². The zero-order valence-electron chi connectivity index (χ0n) is 11.7. The number of nitrogens with one attached hydrogen (secondary N) is 1. The Balaban J connectivity index is 2.50. The van der Waals surface area contributed by atoms with E-state index >= 15 is 0 Å². The summed E-state index contributed by atoms with van der Waals surface area (Å²) < 4.78 is 1.77. The van der Waals surface area contributed by atoms with Gasteiger partial charge in [0.05, 0.1) is 5.56 Å². The van der Waals surface area contributed by atoms with Gasteiger partial charge < -0.3 is 5.32 Å². The summed E-state index contributed by atoms with van der Waals surface area (Å²) in [6.07, 6.45) is 3.39. The Hall–Kier alpha value is -0.350. The molecule has 1 N–H and O–H groups in total. The molecule has 0 aliphatic carbocycles. The van der Waals surface area contributed by atoms with Crippen LogP contribution in [0.15, 0.2) is 27.1 Å². The molecular weight excluding hydrogens is 370 g/mol. The van der Waals surface area contributed by atoms with Crippen molar-refractivity contribution < 1.29 is 4.79 Å². The Labute approximate surface area is 132 Å². The lowest BCUT2D eigenvalue weighted by Gasteiger charge is -2.15. The molecule has 0 aliphatic rings. The van der Waals surface area contributed by atoms with Gasteiger partial charge in [-0.15, -0.1) is 0 Å². The standard InChI is InChI=1S/C15H21Br2NO/c1-10(2)5-4-6-11(3)18-15(19)13-8-7-12(16)9-14(13)17/h7-11H,4-6H2,1-3H3,(H,18,19). The van der Waals surface area contributed by atoms with E-state index in [0.29, 0.717) is 5.56 Å². The van der Waals surface area contributed by atoms with Gasteiger partial charge in [-0.2, -0.15) is 0 Å². The molecule has 19 heavy (non-hydrogen) atoms. The lowest BCUT2D eigenvalue weighted by molar-refractivity contribution is 0.0937. The monoisotopic (exact) mass is 389 g/mol. The number of hydrogen-bond donors (Lipinski definition) is 1. The molecule has 0 saturated heterocycles. The summed E-state index contributed by atoms with van der Waals surface area (Å²) in [4.78, 5) is 12.1. The molecule has 1 amide bonds. The van der Waals surface area contributed by atoms with Crippen LogP contribution in [-0.4, -0.2) is 11.9 Å². The van der Waals surface area contributed by atoms with E-state index in [9.17, 15) is 4.79 Å². The molecule has 106 valence electrons. The van der Waals surface area contributed by atoms with Gasteiger partial charge in [0.15, 0.2) is 0 Å². The summed E-state index contributed by atoms with van der Waals surface area (Å²) in [5.41, 5.74) is 0.680. The highest BCUT2D eigenvalue weighted by atomic mass is 79.9. The van der Waals surface area contributed by atoms with Crippen LogP contribution in [0.2, 0.25) is 0 Å². The minimum Gasteiger partial charge on any atom is -0.350 e. The number of hydrogen-bond acceptors (Lipinski definition) is 1. The first-order valence-electron chi connectivity index (χ1n) is 6.66. The molecule has 0 spiro atoms. The second-order valence-corrected chi connectivity index (χ2v) is 7.09. The van der Waals surface area contributed by atoms with E-state index in [4.69, 9.17) is 0 Å². The van der Waals surface area contributed by atoms with Crippen LogP contribution in [-0.2, 0) is 0 Å². The predicted molar refractivity (Wildman–Crippen MR) is 87.5 cm³/mol. The molecule has 0 aliphatic heterocycles. The van der Waals surface area contributed by atoms with Crippen molar-refractivity contribution in [3.63, 3.8) is 0 Å². The second kappa shape index (κ2) is 8.05. The lowest BCUT2D eigenvalue weighted by atomic mass is 10.0. The number of amides is 1. The number of carbonyl (C=O) groups is 1. The molecule has 0 heterocycles. The Bertz CT molecular complexity index is 432. The lowest BCUT2D eigenvalue weighted by Crippen LogP contribution is -2.32. The third-order valence-electron chi connectivity index (χ3n) is 2.97. The molecule has 1 aromatic carbocycles. The first-order valence-corrected chi connectivity index (χ1v) is 8.24. The molecule has 0 aromatic heterocycles. The van der Waals surface area contributed by atoms with Gasteiger partial charge in [0, 0.05) is 15.0 Å². The fraction of sp³-hybridized carbons (Fsp3) is 0.533. The molecular formula is C15H21Br2NO. The zero-order valence-corrected chi connectivity index (χ0v) is 14.8. The van der Waals surface area contributed by atoms with E-state index in [0.717, 1.165) is 27.7 Å². The van der Waals surface area contributed by atoms with E-state index in [1.165, 1.54) is 6.42 Å². The minimum atomic E-state index is -0.0172. The SMILES string of the molecule is CC(C)CCCC(C)NC(=O)c1ccc(Br)cc1Br. The van der Waals surface area contributed by atoms with Crippen LogP contribution in [0.1, 0.15) is 50.4 Å². The molecule has 1 rings (SSSR count). The van der Waals surface area contributed by atoms with Crippen LogP contribution in [0.4, 0.5) is 0 Å². The van der Waals surface area contributed by atoms with E-state index in [2.05, 4.69) is 57.9 Å². The summed E-state index contributed by atoms with van der Waals surface area (Å²) in [6, 6.07) is 5.80. The van der Waals surface area contributed by atoms with Crippen LogP contribution < -0.4 is 5.32 Å². The van der Waals surface area contributed by atoms with Gasteiger partial charge in [0.1, 0.15) is 0 Å². The normalized spacial score (nSPS) is 12.5. The highest BCUT2D eigenvalue weighted by Gasteiger charge is 2.13. The van der Waals surface area contributed by atoms with E-state index in [-0.39, 0.29) is 11.9 Å². The number of rotatable bonds is 6. The van der Waals surface area contributed by atoms with Crippen molar-refractivity contribution in [2.24, 2.45) is 5.92 Å². The summed E-state index contributed by atoms with van der Waals surface area (Å²) in [7, 11) is 0. The second-order valence-electron chi connectivity index (χ2n) is 5.32. The maximum absolute atomic E-state index is 12.1. The van der Waals surface area contributed by atoms with E-state index in [1.54, 1.807) is 0 Å². The Morgan fingerprint density at radius 1 is 1.21 bits per heavy atom. The first kappa shape index (κ1) is 16.7. The van der Waals surface area contributed by atoms with Crippen LogP contribution in [0, 0.1) is 5.92 Å². The quantitative estimate of drug-likeness (QED) is 0.714. The third-order valence-corrected chi connectivity index (χ3v) is 4.12. The number of halogens is 2. The molecule has 0 saturated carbocycles. The number of carbonyl (C=O) groups excluding carboxylic acids is 1. The van der Waals surface area contributed by atoms with Crippen LogP contribution in [0.5, 0.6) is 0 Å². The molecule has 0 fully saturated rings. The summed E-state index contributed by atoms with van der Waals surface area (Å²) in [6.45, 7) is 6.51. The average Bonchev–Trinajstić information content (AvgIpc) is 2.27. The molecule has 0 bridgehead atoms. The predicted octanol–water partition coefficient (Wildman–Crippen LogP) is 5.16. The molecule has 1 aromatic rings. The molecule has 1 unspecified atom stereocenters. The highest BCUT2D eigenvalue weighted by molar-refractivity contribution is 9.11. The van der Waals surface area contributed by atoms with Crippen LogP contribution in [0.25, 0.3) is 0 Å². The summed E-state index contributed by atoms with van der Waals surface area (Å²) >= 11 is 6.80. The first-order chi connectivity index (χ1) is 8.90. The molecule has 0 radical (unpaired) electrons. The van der Waals surface area contributed by atoms with Crippen LogP contribution in [0.3, 0.4) is 0 Å². The van der Waals surface area contributed by atoms with Gasteiger partial charge in [0.25, 0.3) is 5.91 Å². The maximum atomic E-state index is 12.1. The Morgan fingerprint density at radius 2 is 1.89 bits per heavy atom.